The number of nitrogens with one attached hydrogen (secondary N) is 1. The van der Waals surface area contributed by atoms with E-state index in [0.717, 1.165) is 17.9 Å². The first-order valence-corrected chi connectivity index (χ1v) is 9.05. The highest BCUT2D eigenvalue weighted by Gasteiger charge is 2.11. The topological polar surface area (TPSA) is 45.2 Å². The van der Waals surface area contributed by atoms with Crippen LogP contribution in [-0.2, 0) is 17.9 Å². The molecule has 0 bridgehead atoms. The summed E-state index contributed by atoms with van der Waals surface area (Å²) in [5, 5.41) is 5.39. The molecule has 1 aromatic heterocycles. The molecule has 1 heterocycles. The van der Waals surface area contributed by atoms with Gasteiger partial charge in [0, 0.05) is 24.5 Å². The Kier molecular flexibility index (Phi) is 5.46. The first-order valence-electron chi connectivity index (χ1n) is 8.18. The molecule has 0 radical (unpaired) electrons. The summed E-state index contributed by atoms with van der Waals surface area (Å²) in [6.07, 6.45) is 0. The Balaban J connectivity index is 1.81. The Morgan fingerprint density at radius 3 is 2.48 bits per heavy atom. The van der Waals surface area contributed by atoms with Crippen molar-refractivity contribution in [2.24, 2.45) is 0 Å². The van der Waals surface area contributed by atoms with Gasteiger partial charge in [-0.05, 0) is 24.6 Å². The van der Waals surface area contributed by atoms with Gasteiger partial charge in [0.15, 0.2) is 5.13 Å². The molecular formula is C20H21N3OS. The van der Waals surface area contributed by atoms with Crippen LogP contribution in [-0.4, -0.2) is 10.9 Å². The maximum absolute atomic E-state index is 11.2. The van der Waals surface area contributed by atoms with Gasteiger partial charge in [0.05, 0.1) is 12.2 Å². The van der Waals surface area contributed by atoms with Gasteiger partial charge in [-0.2, -0.15) is 0 Å². The van der Waals surface area contributed by atoms with E-state index in [1.54, 1.807) is 0 Å². The Hall–Kier alpha value is -2.66. The number of carbonyl (C=O) groups is 1. The lowest BCUT2D eigenvalue weighted by Crippen LogP contribution is -2.22. The molecule has 5 heteroatoms. The van der Waals surface area contributed by atoms with Gasteiger partial charge in [-0.25, -0.2) is 4.98 Å². The molecule has 0 aliphatic rings. The first kappa shape index (κ1) is 17.2. The molecule has 0 unspecified atom stereocenters. The highest BCUT2D eigenvalue weighted by atomic mass is 32.1. The van der Waals surface area contributed by atoms with Gasteiger partial charge in [-0.15, -0.1) is 11.3 Å². The number of carbonyl (C=O) groups excluding carboxylic acids is 1. The maximum atomic E-state index is 11.2. The smallest absolute Gasteiger partial charge is 0.223 e. The van der Waals surface area contributed by atoms with Gasteiger partial charge in [-0.3, -0.25) is 4.79 Å². The highest BCUT2D eigenvalue weighted by Crippen LogP contribution is 2.23. The zero-order valence-electron chi connectivity index (χ0n) is 14.4. The minimum absolute atomic E-state index is 0.0967. The molecule has 0 atom stereocenters. The molecule has 25 heavy (non-hydrogen) atoms. The van der Waals surface area contributed by atoms with Crippen LogP contribution in [0.2, 0.25) is 0 Å². The number of anilines is 2. The Morgan fingerprint density at radius 1 is 1.08 bits per heavy atom. The third-order valence-electron chi connectivity index (χ3n) is 3.80. The van der Waals surface area contributed by atoms with Gasteiger partial charge in [0.2, 0.25) is 5.91 Å². The van der Waals surface area contributed by atoms with Crippen molar-refractivity contribution in [2.45, 2.75) is 26.9 Å². The molecule has 0 fully saturated rings. The van der Waals surface area contributed by atoms with E-state index in [1.807, 2.05) is 11.4 Å². The second kappa shape index (κ2) is 7.94. The molecule has 3 aromatic rings. The average molecular weight is 351 g/mol. The monoisotopic (exact) mass is 351 g/mol. The van der Waals surface area contributed by atoms with Crippen LogP contribution in [0.4, 0.5) is 10.8 Å². The summed E-state index contributed by atoms with van der Waals surface area (Å²) in [4.78, 5) is 18.0. The van der Waals surface area contributed by atoms with Crippen LogP contribution >= 0.6 is 11.3 Å². The standard InChI is InChI=1S/C20H21N3OS/c1-15-8-10-19(11-9-15)23(12-17-6-4-3-5-7-17)13-18-14-25-20(22-18)21-16(2)24/h3-11,14H,12-13H2,1-2H3,(H,21,22,24). The van der Waals surface area contributed by atoms with Crippen molar-refractivity contribution in [2.75, 3.05) is 10.2 Å². The Labute approximate surface area is 152 Å². The van der Waals surface area contributed by atoms with Crippen LogP contribution in [0, 0.1) is 6.92 Å². The fourth-order valence-corrected chi connectivity index (χ4v) is 3.33. The van der Waals surface area contributed by atoms with Crippen LogP contribution < -0.4 is 10.2 Å². The fourth-order valence-electron chi connectivity index (χ4n) is 2.58. The second-order valence-corrected chi connectivity index (χ2v) is 6.86. The van der Waals surface area contributed by atoms with E-state index >= 15 is 0 Å². The third-order valence-corrected chi connectivity index (χ3v) is 4.61. The average Bonchev–Trinajstić information content (AvgIpc) is 3.02. The van der Waals surface area contributed by atoms with E-state index in [9.17, 15) is 4.79 Å². The lowest BCUT2D eigenvalue weighted by molar-refractivity contribution is -0.114. The van der Waals surface area contributed by atoms with Gasteiger partial charge < -0.3 is 10.2 Å². The molecule has 0 saturated heterocycles. The van der Waals surface area contributed by atoms with Crippen LogP contribution in [0.15, 0.2) is 60.0 Å². The Morgan fingerprint density at radius 2 is 1.80 bits per heavy atom. The molecule has 2 aromatic carbocycles. The third kappa shape index (κ3) is 4.90. The summed E-state index contributed by atoms with van der Waals surface area (Å²) < 4.78 is 0. The largest absolute Gasteiger partial charge is 0.361 e. The molecule has 0 spiro atoms. The predicted octanol–water partition coefficient (Wildman–Crippen LogP) is 4.62. The predicted molar refractivity (Wildman–Crippen MR) is 104 cm³/mol. The molecule has 0 aliphatic carbocycles. The van der Waals surface area contributed by atoms with Crippen molar-refractivity contribution in [3.05, 3.63) is 76.8 Å². The van der Waals surface area contributed by atoms with E-state index < -0.39 is 0 Å². The number of hydrogen-bond donors (Lipinski definition) is 1. The number of aromatic nitrogens is 1. The van der Waals surface area contributed by atoms with E-state index in [0.29, 0.717) is 11.7 Å². The van der Waals surface area contributed by atoms with Gasteiger partial charge in [-0.1, -0.05) is 48.0 Å². The zero-order chi connectivity index (χ0) is 17.6. The normalized spacial score (nSPS) is 10.5. The number of rotatable bonds is 6. The number of aryl methyl sites for hydroxylation is 1. The summed E-state index contributed by atoms with van der Waals surface area (Å²) in [6.45, 7) is 5.07. The fraction of sp³-hybridized carbons (Fsp3) is 0.200. The van der Waals surface area contributed by atoms with Crippen LogP contribution in [0.5, 0.6) is 0 Å². The molecule has 128 valence electrons. The number of thiazole rings is 1. The summed E-state index contributed by atoms with van der Waals surface area (Å²) in [7, 11) is 0. The summed E-state index contributed by atoms with van der Waals surface area (Å²) in [6, 6.07) is 18.9. The second-order valence-electron chi connectivity index (χ2n) is 6.00. The van der Waals surface area contributed by atoms with Crippen molar-refractivity contribution in [1.82, 2.24) is 4.98 Å². The molecule has 0 aliphatic heterocycles. The van der Waals surface area contributed by atoms with Crippen LogP contribution in [0.3, 0.4) is 0 Å². The van der Waals surface area contributed by atoms with Crippen molar-refractivity contribution in [3.63, 3.8) is 0 Å². The van der Waals surface area contributed by atoms with Gasteiger partial charge >= 0.3 is 0 Å². The SMILES string of the molecule is CC(=O)Nc1nc(CN(Cc2ccccc2)c2ccc(C)cc2)cs1. The Bertz CT molecular complexity index is 828. The quantitative estimate of drug-likeness (QED) is 0.705. The van der Waals surface area contributed by atoms with Gasteiger partial charge in [0.25, 0.3) is 0 Å². The zero-order valence-corrected chi connectivity index (χ0v) is 15.2. The summed E-state index contributed by atoms with van der Waals surface area (Å²) >= 11 is 1.45. The van der Waals surface area contributed by atoms with E-state index in [2.05, 4.69) is 70.7 Å². The first-order chi connectivity index (χ1) is 12.1. The molecular weight excluding hydrogens is 330 g/mol. The lowest BCUT2D eigenvalue weighted by atomic mass is 10.1. The van der Waals surface area contributed by atoms with Crippen LogP contribution in [0.1, 0.15) is 23.7 Å². The molecule has 3 rings (SSSR count). The van der Waals surface area contributed by atoms with E-state index in [4.69, 9.17) is 0 Å². The summed E-state index contributed by atoms with van der Waals surface area (Å²) in [5.41, 5.74) is 4.60. The lowest BCUT2D eigenvalue weighted by Gasteiger charge is -2.24. The number of hydrogen-bond acceptors (Lipinski definition) is 4. The van der Waals surface area contributed by atoms with Crippen molar-refractivity contribution in [3.8, 4) is 0 Å². The van der Waals surface area contributed by atoms with E-state index in [1.165, 1.54) is 29.4 Å². The molecule has 1 N–H and O–H groups in total. The number of benzene rings is 2. The number of nitrogens with zero attached hydrogens (tertiary/aromatic N) is 2. The van der Waals surface area contributed by atoms with Gasteiger partial charge in [0.1, 0.15) is 0 Å². The van der Waals surface area contributed by atoms with Crippen molar-refractivity contribution < 1.29 is 4.79 Å². The summed E-state index contributed by atoms with van der Waals surface area (Å²) in [5.74, 6) is -0.0967. The highest BCUT2D eigenvalue weighted by molar-refractivity contribution is 7.13. The van der Waals surface area contributed by atoms with Crippen molar-refractivity contribution >= 4 is 28.1 Å². The molecule has 0 saturated carbocycles. The number of amides is 1. The van der Waals surface area contributed by atoms with E-state index in [-0.39, 0.29) is 5.91 Å². The molecule has 1 amide bonds. The van der Waals surface area contributed by atoms with Crippen molar-refractivity contribution in [1.29, 1.82) is 0 Å². The minimum atomic E-state index is -0.0967. The molecule has 4 nitrogen and oxygen atoms in total. The maximum Gasteiger partial charge on any atom is 0.223 e. The van der Waals surface area contributed by atoms with Crippen LogP contribution in [0.25, 0.3) is 0 Å². The minimum Gasteiger partial charge on any atom is -0.361 e.